The normalized spacial score (nSPS) is 11.0. The minimum absolute atomic E-state index is 0.0694. The summed E-state index contributed by atoms with van der Waals surface area (Å²) in [6.07, 6.45) is 21.1. The summed E-state index contributed by atoms with van der Waals surface area (Å²) in [5.74, 6) is -1.03. The quantitative estimate of drug-likeness (QED) is 0.124. The van der Waals surface area contributed by atoms with Crippen molar-refractivity contribution in [3.8, 4) is 0 Å². The maximum atomic E-state index is 11.7. The van der Waals surface area contributed by atoms with Crippen LogP contribution in [0.4, 0.5) is 0 Å². The molecule has 1 amide bonds. The minimum atomic E-state index is -0.958. The summed E-state index contributed by atoms with van der Waals surface area (Å²) in [4.78, 5) is 25.3. The molecule has 0 saturated carbocycles. The van der Waals surface area contributed by atoms with E-state index in [4.69, 9.17) is 20.4 Å². The monoisotopic (exact) mass is 502 g/mol. The van der Waals surface area contributed by atoms with Gasteiger partial charge in [-0.15, -0.1) is 0 Å². The molecule has 0 fully saturated rings. The number of aliphatic hydroxyl groups excluding tert-OH is 3. The molecule has 8 heteroatoms. The fraction of sp³-hybridized carbons (Fsp3) is 0.852. The lowest BCUT2D eigenvalue weighted by Crippen LogP contribution is -2.32. The zero-order valence-electron chi connectivity index (χ0n) is 22.5. The van der Waals surface area contributed by atoms with E-state index < -0.39 is 5.97 Å². The van der Waals surface area contributed by atoms with Gasteiger partial charge in [-0.2, -0.15) is 0 Å². The van der Waals surface area contributed by atoms with Gasteiger partial charge in [0.1, 0.15) is 6.54 Å². The number of nitrogens with zero attached hydrogens (tertiary/aromatic N) is 2. The van der Waals surface area contributed by atoms with Crippen molar-refractivity contribution in [3.63, 3.8) is 0 Å². The van der Waals surface area contributed by atoms with E-state index in [9.17, 15) is 9.59 Å². The Morgan fingerprint density at radius 3 is 1.54 bits per heavy atom. The van der Waals surface area contributed by atoms with Crippen molar-refractivity contribution in [1.29, 1.82) is 0 Å². The Morgan fingerprint density at radius 1 is 0.686 bits per heavy atom. The molecule has 0 heterocycles. The van der Waals surface area contributed by atoms with Gasteiger partial charge in [-0.25, -0.2) is 0 Å². The maximum Gasteiger partial charge on any atom is 0.323 e. The SMILES string of the molecule is CCCCCCCC/C=C/CCCCCCCC(=O)N(C)CC(=O)O.OCCN(CCO)CCO. The van der Waals surface area contributed by atoms with Crippen LogP contribution in [-0.2, 0) is 9.59 Å². The molecule has 0 unspecified atom stereocenters. The van der Waals surface area contributed by atoms with Crippen molar-refractivity contribution in [3.05, 3.63) is 12.2 Å². The highest BCUT2D eigenvalue weighted by Gasteiger charge is 2.11. The molecule has 208 valence electrons. The Morgan fingerprint density at radius 2 is 1.11 bits per heavy atom. The van der Waals surface area contributed by atoms with Crippen LogP contribution in [0.5, 0.6) is 0 Å². The second-order valence-corrected chi connectivity index (χ2v) is 8.99. The Balaban J connectivity index is 0. The number of likely N-dealkylation sites (N-methyl/N-ethyl adjacent to an activating group) is 1. The highest BCUT2D eigenvalue weighted by atomic mass is 16.4. The number of unbranched alkanes of at least 4 members (excludes halogenated alkanes) is 11. The molecule has 0 aromatic rings. The van der Waals surface area contributed by atoms with E-state index >= 15 is 0 Å². The molecular formula is C27H54N2O6. The fourth-order valence-corrected chi connectivity index (χ4v) is 3.59. The maximum absolute atomic E-state index is 11.7. The summed E-state index contributed by atoms with van der Waals surface area (Å²) >= 11 is 0. The van der Waals surface area contributed by atoms with Crippen molar-refractivity contribution in [2.24, 2.45) is 0 Å². The van der Waals surface area contributed by atoms with Crippen molar-refractivity contribution in [2.45, 2.75) is 96.8 Å². The lowest BCUT2D eigenvalue weighted by atomic mass is 10.1. The highest BCUT2D eigenvalue weighted by molar-refractivity contribution is 5.80. The molecule has 0 aliphatic rings. The molecule has 0 spiro atoms. The molecule has 0 saturated heterocycles. The number of amides is 1. The largest absolute Gasteiger partial charge is 0.480 e. The number of aliphatic hydroxyl groups is 3. The number of rotatable bonds is 23. The number of carbonyl (C=O) groups excluding carboxylic acids is 1. The van der Waals surface area contributed by atoms with Gasteiger partial charge in [-0.1, -0.05) is 70.4 Å². The third-order valence-corrected chi connectivity index (χ3v) is 5.70. The van der Waals surface area contributed by atoms with Crippen molar-refractivity contribution >= 4 is 11.9 Å². The first kappa shape index (κ1) is 35.7. The molecule has 35 heavy (non-hydrogen) atoms. The zero-order valence-corrected chi connectivity index (χ0v) is 22.5. The van der Waals surface area contributed by atoms with Gasteiger partial charge in [-0.3, -0.25) is 14.5 Å². The Kier molecular flexibility index (Phi) is 29.3. The average molecular weight is 503 g/mol. The first-order chi connectivity index (χ1) is 16.9. The van der Waals surface area contributed by atoms with Crippen molar-refractivity contribution in [2.75, 3.05) is 53.0 Å². The first-order valence-electron chi connectivity index (χ1n) is 13.6. The van der Waals surface area contributed by atoms with Crippen LogP contribution in [0.25, 0.3) is 0 Å². The summed E-state index contributed by atoms with van der Waals surface area (Å²) in [6, 6.07) is 0. The molecular weight excluding hydrogens is 448 g/mol. The van der Waals surface area contributed by atoms with Gasteiger partial charge < -0.3 is 25.3 Å². The third kappa shape index (κ3) is 28.6. The Hall–Kier alpha value is -1.48. The number of allylic oxidation sites excluding steroid dienone is 2. The van der Waals surface area contributed by atoms with Crippen LogP contribution in [0.1, 0.15) is 96.8 Å². The second kappa shape index (κ2) is 28.8. The summed E-state index contributed by atoms with van der Waals surface area (Å²) in [5, 5.41) is 34.1. The van der Waals surface area contributed by atoms with Gasteiger partial charge in [0.2, 0.25) is 5.91 Å². The molecule has 0 aliphatic carbocycles. The predicted octanol–water partition coefficient (Wildman–Crippen LogP) is 3.83. The van der Waals surface area contributed by atoms with Crippen LogP contribution in [0.15, 0.2) is 12.2 Å². The number of aliphatic carboxylic acids is 1. The smallest absolute Gasteiger partial charge is 0.323 e. The van der Waals surface area contributed by atoms with Crippen LogP contribution in [0.2, 0.25) is 0 Å². The van der Waals surface area contributed by atoms with E-state index in [2.05, 4.69) is 19.1 Å². The molecule has 0 bridgehead atoms. The van der Waals surface area contributed by atoms with Crippen molar-refractivity contribution in [1.82, 2.24) is 9.80 Å². The summed E-state index contributed by atoms with van der Waals surface area (Å²) < 4.78 is 0. The van der Waals surface area contributed by atoms with Gasteiger partial charge in [0.05, 0.1) is 19.8 Å². The third-order valence-electron chi connectivity index (χ3n) is 5.70. The molecule has 0 rings (SSSR count). The van der Waals surface area contributed by atoms with Crippen molar-refractivity contribution < 1.29 is 30.0 Å². The number of hydrogen-bond acceptors (Lipinski definition) is 6. The van der Waals surface area contributed by atoms with Gasteiger partial charge in [0.15, 0.2) is 0 Å². The molecule has 0 radical (unpaired) electrons. The van der Waals surface area contributed by atoms with E-state index in [0.29, 0.717) is 26.1 Å². The van der Waals surface area contributed by atoms with Crippen LogP contribution >= 0.6 is 0 Å². The lowest BCUT2D eigenvalue weighted by molar-refractivity contribution is -0.143. The lowest BCUT2D eigenvalue weighted by Gasteiger charge is -2.17. The summed E-state index contributed by atoms with van der Waals surface area (Å²) in [6.45, 7) is 3.80. The molecule has 0 aromatic carbocycles. The van der Waals surface area contributed by atoms with Gasteiger partial charge >= 0.3 is 5.97 Å². The fourth-order valence-electron chi connectivity index (χ4n) is 3.59. The topological polar surface area (TPSA) is 122 Å². The second-order valence-electron chi connectivity index (χ2n) is 8.99. The van der Waals surface area contributed by atoms with E-state index in [1.54, 1.807) is 11.9 Å². The predicted molar refractivity (Wildman–Crippen MR) is 142 cm³/mol. The van der Waals surface area contributed by atoms with Crippen LogP contribution < -0.4 is 0 Å². The van der Waals surface area contributed by atoms with Gasteiger partial charge in [0, 0.05) is 33.1 Å². The molecule has 0 aromatic heterocycles. The number of hydrogen-bond donors (Lipinski definition) is 4. The Labute approximate surface area is 214 Å². The van der Waals surface area contributed by atoms with Gasteiger partial charge in [0.25, 0.3) is 0 Å². The molecule has 8 nitrogen and oxygen atoms in total. The van der Waals surface area contributed by atoms with E-state index in [1.807, 2.05) is 0 Å². The number of carboxylic acid groups (broad SMARTS) is 1. The number of carbonyl (C=O) groups is 2. The zero-order chi connectivity index (χ0) is 26.6. The number of carboxylic acids is 1. The molecule has 4 N–H and O–H groups in total. The van der Waals surface area contributed by atoms with Crippen LogP contribution in [-0.4, -0.2) is 95.1 Å². The minimum Gasteiger partial charge on any atom is -0.480 e. The highest BCUT2D eigenvalue weighted by Crippen LogP contribution is 2.10. The van der Waals surface area contributed by atoms with E-state index in [1.165, 1.54) is 62.7 Å². The summed E-state index contributed by atoms with van der Waals surface area (Å²) in [7, 11) is 1.55. The average Bonchev–Trinajstić information content (AvgIpc) is 2.82. The summed E-state index contributed by atoms with van der Waals surface area (Å²) in [5.41, 5.74) is 0. The van der Waals surface area contributed by atoms with Crippen LogP contribution in [0.3, 0.4) is 0 Å². The molecule has 0 atom stereocenters. The Bertz CT molecular complexity index is 488. The van der Waals surface area contributed by atoms with Crippen LogP contribution in [0, 0.1) is 0 Å². The molecule has 0 aliphatic heterocycles. The van der Waals surface area contributed by atoms with Gasteiger partial charge in [-0.05, 0) is 32.1 Å². The first-order valence-corrected chi connectivity index (χ1v) is 13.6. The van der Waals surface area contributed by atoms with E-state index in [0.717, 1.165) is 25.7 Å². The van der Waals surface area contributed by atoms with E-state index in [-0.39, 0.29) is 32.3 Å². The standard InChI is InChI=1S/C21H39NO3.C6H15NO3/c1-3-4-5-6-7-8-9-10-11-12-13-14-15-16-17-18-20(23)22(2)19-21(24)25;8-4-1-7(2-5-9)3-6-10/h10-11H,3-9,12-19H2,1-2H3,(H,24,25);8-10H,1-6H2/b11-10+;.